The molecule has 3 heterocycles. The summed E-state index contributed by atoms with van der Waals surface area (Å²) in [7, 11) is -1.34. The summed E-state index contributed by atoms with van der Waals surface area (Å²) in [6.45, 7) is 3.42. The molecule has 1 aromatic carbocycles. The van der Waals surface area contributed by atoms with E-state index in [4.69, 9.17) is 11.6 Å². The van der Waals surface area contributed by atoms with Crippen LogP contribution in [-0.2, 0) is 14.6 Å². The minimum atomic E-state index is -3.44. The van der Waals surface area contributed by atoms with Crippen LogP contribution in [0.4, 0.5) is 11.5 Å². The highest BCUT2D eigenvalue weighted by atomic mass is 35.5. The molecule has 2 N–H and O–H groups in total. The van der Waals surface area contributed by atoms with Crippen molar-refractivity contribution >= 4 is 44.8 Å². The number of carbonyl (C=O) groups is 2. The summed E-state index contributed by atoms with van der Waals surface area (Å²) < 4.78 is 25.6. The van der Waals surface area contributed by atoms with Gasteiger partial charge in [-0.3, -0.25) is 9.59 Å². The van der Waals surface area contributed by atoms with E-state index in [1.54, 1.807) is 42.6 Å². The third kappa shape index (κ3) is 7.45. The van der Waals surface area contributed by atoms with E-state index >= 15 is 0 Å². The van der Waals surface area contributed by atoms with E-state index in [9.17, 15) is 18.0 Å². The number of pyridine rings is 1. The molecule has 4 rings (SSSR count). The minimum absolute atomic E-state index is 0.0941. The van der Waals surface area contributed by atoms with E-state index in [0.29, 0.717) is 47.5 Å². The van der Waals surface area contributed by atoms with E-state index in [1.807, 2.05) is 4.90 Å². The van der Waals surface area contributed by atoms with Crippen LogP contribution in [0, 0.1) is 11.8 Å². The molecule has 11 heteroatoms. The van der Waals surface area contributed by atoms with Gasteiger partial charge >= 0.3 is 0 Å². The Morgan fingerprint density at radius 2 is 1.87 bits per heavy atom. The summed E-state index contributed by atoms with van der Waals surface area (Å²) in [6, 6.07) is 10.1. The van der Waals surface area contributed by atoms with Crippen LogP contribution in [0.2, 0.25) is 5.02 Å². The van der Waals surface area contributed by atoms with Gasteiger partial charge in [0.2, 0.25) is 5.91 Å². The highest BCUT2D eigenvalue weighted by molar-refractivity contribution is 7.91. The molecule has 0 bridgehead atoms. The molecule has 206 valence electrons. The first-order chi connectivity index (χ1) is 18.1. The zero-order valence-corrected chi connectivity index (χ0v) is 23.5. The average molecular weight is 562 g/mol. The van der Waals surface area contributed by atoms with Crippen molar-refractivity contribution in [3.63, 3.8) is 0 Å². The van der Waals surface area contributed by atoms with Gasteiger partial charge in [0.25, 0.3) is 5.91 Å². The number of aromatic nitrogens is 1. The summed E-state index contributed by atoms with van der Waals surface area (Å²) in [6.07, 6.45) is 5.66. The van der Waals surface area contributed by atoms with Crippen molar-refractivity contribution in [1.29, 1.82) is 0 Å². The van der Waals surface area contributed by atoms with Gasteiger partial charge in [0, 0.05) is 49.1 Å². The van der Waals surface area contributed by atoms with Crippen LogP contribution in [0.1, 0.15) is 36.0 Å². The minimum Gasteiger partial charge on any atom is -0.356 e. The highest BCUT2D eigenvalue weighted by Gasteiger charge is 2.38. The van der Waals surface area contributed by atoms with Crippen LogP contribution in [0.15, 0.2) is 42.6 Å². The molecule has 0 saturated carbocycles. The molecule has 2 fully saturated rings. The molecule has 38 heavy (non-hydrogen) atoms. The van der Waals surface area contributed by atoms with Gasteiger partial charge < -0.3 is 20.4 Å². The fraction of sp³-hybridized carbons (Fsp3) is 0.519. The van der Waals surface area contributed by atoms with Crippen molar-refractivity contribution < 1.29 is 18.0 Å². The summed E-state index contributed by atoms with van der Waals surface area (Å²) >= 11 is 6.03. The van der Waals surface area contributed by atoms with E-state index in [-0.39, 0.29) is 30.7 Å². The predicted molar refractivity (Wildman–Crippen MR) is 150 cm³/mol. The molecule has 2 aliphatic heterocycles. The van der Waals surface area contributed by atoms with E-state index in [2.05, 4.69) is 27.6 Å². The van der Waals surface area contributed by atoms with Gasteiger partial charge in [0.1, 0.15) is 0 Å². The number of benzene rings is 1. The van der Waals surface area contributed by atoms with Crippen molar-refractivity contribution in [3.8, 4) is 0 Å². The molecule has 2 amide bonds. The molecule has 0 aliphatic carbocycles. The number of rotatable bonds is 8. The van der Waals surface area contributed by atoms with E-state index in [1.165, 1.54) is 6.26 Å². The second-order valence-electron chi connectivity index (χ2n) is 10.5. The molecule has 2 unspecified atom stereocenters. The first kappa shape index (κ1) is 28.3. The zero-order valence-electron chi connectivity index (χ0n) is 21.9. The number of anilines is 2. The molecule has 2 aromatic rings. The maximum Gasteiger partial charge on any atom is 0.255 e. The smallest absolute Gasteiger partial charge is 0.255 e. The van der Waals surface area contributed by atoms with Crippen molar-refractivity contribution in [3.05, 3.63) is 53.2 Å². The Hall–Kier alpha value is -2.69. The lowest BCUT2D eigenvalue weighted by Gasteiger charge is -2.38. The molecule has 2 atom stereocenters. The quantitative estimate of drug-likeness (QED) is 0.509. The summed E-state index contributed by atoms with van der Waals surface area (Å²) in [5, 5.41) is 5.66. The van der Waals surface area contributed by atoms with Gasteiger partial charge in [-0.1, -0.05) is 17.7 Å². The Balaban J connectivity index is 1.41. The predicted octanol–water partition coefficient (Wildman–Crippen LogP) is 3.07. The third-order valence-corrected chi connectivity index (χ3v) is 9.41. The number of nitrogens with one attached hydrogen (secondary N) is 2. The number of amides is 2. The number of hydrogen-bond donors (Lipinski definition) is 2. The maximum absolute atomic E-state index is 12.8. The Labute approximate surface area is 229 Å². The Morgan fingerprint density at radius 3 is 2.58 bits per heavy atom. The van der Waals surface area contributed by atoms with Crippen LogP contribution >= 0.6 is 11.6 Å². The number of sulfone groups is 1. The van der Waals surface area contributed by atoms with Gasteiger partial charge in [-0.25, -0.2) is 13.4 Å². The van der Waals surface area contributed by atoms with Crippen LogP contribution < -0.4 is 15.5 Å². The highest BCUT2D eigenvalue weighted by Crippen LogP contribution is 2.32. The SMILES string of the molecule is CN1CCC(CNC(=O)CC2CCN(c3ncccc3NC(=O)c3cccc(Cl)c3)CC2S(C)(=O)=O)CC1. The number of nitrogens with zero attached hydrogens (tertiary/aromatic N) is 3. The monoisotopic (exact) mass is 561 g/mol. The Bertz CT molecular complexity index is 1250. The van der Waals surface area contributed by atoms with Crippen molar-refractivity contribution in [2.75, 3.05) is 56.2 Å². The Morgan fingerprint density at radius 1 is 1.11 bits per heavy atom. The van der Waals surface area contributed by atoms with Crippen molar-refractivity contribution in [2.45, 2.75) is 30.9 Å². The summed E-state index contributed by atoms with van der Waals surface area (Å²) in [5.41, 5.74) is 0.894. The van der Waals surface area contributed by atoms with Gasteiger partial charge in [0.15, 0.2) is 15.7 Å². The summed E-state index contributed by atoms with van der Waals surface area (Å²) in [5.74, 6) is 0.252. The van der Waals surface area contributed by atoms with Crippen molar-refractivity contribution in [2.24, 2.45) is 11.8 Å². The maximum atomic E-state index is 12.8. The molecule has 2 aliphatic rings. The fourth-order valence-electron chi connectivity index (χ4n) is 5.28. The van der Waals surface area contributed by atoms with Crippen LogP contribution in [0.3, 0.4) is 0 Å². The second kappa shape index (κ2) is 12.4. The van der Waals surface area contributed by atoms with Gasteiger partial charge in [0.05, 0.1) is 10.9 Å². The zero-order chi connectivity index (χ0) is 27.3. The van der Waals surface area contributed by atoms with Crippen LogP contribution in [0.5, 0.6) is 0 Å². The fourth-order valence-corrected chi connectivity index (χ4v) is 6.85. The second-order valence-corrected chi connectivity index (χ2v) is 13.2. The molecule has 0 spiro atoms. The normalized spacial score (nSPS) is 21.2. The first-order valence-corrected chi connectivity index (χ1v) is 15.3. The number of hydrogen-bond acceptors (Lipinski definition) is 7. The molecule has 0 radical (unpaired) electrons. The molecular formula is C27H36ClN5O4S. The van der Waals surface area contributed by atoms with Gasteiger partial charge in [-0.15, -0.1) is 0 Å². The molecule has 2 saturated heterocycles. The standard InChI is InChI=1S/C27H36ClN5O4S/c1-32-12-8-19(9-13-32)17-30-25(34)16-20-10-14-33(18-24(20)38(2,36)37)26-23(7-4-11-29-26)31-27(35)21-5-3-6-22(28)15-21/h3-7,11,15,19-20,24H,8-10,12-14,16-18H2,1-2H3,(H,30,34)(H,31,35). The average Bonchev–Trinajstić information content (AvgIpc) is 2.88. The lowest BCUT2D eigenvalue weighted by Crippen LogP contribution is -2.49. The lowest BCUT2D eigenvalue weighted by atomic mass is 9.92. The van der Waals surface area contributed by atoms with Crippen molar-refractivity contribution in [1.82, 2.24) is 15.2 Å². The van der Waals surface area contributed by atoms with Gasteiger partial charge in [-0.2, -0.15) is 0 Å². The molecule has 1 aromatic heterocycles. The van der Waals surface area contributed by atoms with E-state index in [0.717, 1.165) is 25.9 Å². The number of piperidine rings is 2. The van der Waals surface area contributed by atoms with Gasteiger partial charge in [-0.05, 0) is 81.6 Å². The molecule has 9 nitrogen and oxygen atoms in total. The van der Waals surface area contributed by atoms with E-state index < -0.39 is 15.1 Å². The largest absolute Gasteiger partial charge is 0.356 e. The Kier molecular flexibility index (Phi) is 9.27. The van der Waals surface area contributed by atoms with Crippen LogP contribution in [-0.4, -0.2) is 81.4 Å². The molecular weight excluding hydrogens is 526 g/mol. The number of likely N-dealkylation sites (tertiary alicyclic amines) is 1. The summed E-state index contributed by atoms with van der Waals surface area (Å²) in [4.78, 5) is 34.2. The lowest BCUT2D eigenvalue weighted by molar-refractivity contribution is -0.122. The first-order valence-electron chi connectivity index (χ1n) is 13.0. The van der Waals surface area contributed by atoms with Crippen LogP contribution in [0.25, 0.3) is 0 Å². The topological polar surface area (TPSA) is 112 Å². The number of carbonyl (C=O) groups excluding carboxylic acids is 2. The third-order valence-electron chi connectivity index (χ3n) is 7.54. The number of halogens is 1.